The average Bonchev–Trinajstić information content (AvgIpc) is 3.21. The van der Waals surface area contributed by atoms with Gasteiger partial charge in [0.1, 0.15) is 18.0 Å². The van der Waals surface area contributed by atoms with Crippen LogP contribution in [0.5, 0.6) is 0 Å². The van der Waals surface area contributed by atoms with Gasteiger partial charge in [0.25, 0.3) is 0 Å². The van der Waals surface area contributed by atoms with Gasteiger partial charge in [-0.1, -0.05) is 0 Å². The molecule has 0 aliphatic carbocycles. The molecule has 1 unspecified atom stereocenters. The predicted octanol–water partition coefficient (Wildman–Crippen LogP) is 3.71. The highest BCUT2D eigenvalue weighted by molar-refractivity contribution is 5.60. The van der Waals surface area contributed by atoms with Gasteiger partial charge in [-0.05, 0) is 52.7 Å². The summed E-state index contributed by atoms with van der Waals surface area (Å²) in [4.78, 5) is 16.2. The molecule has 1 aliphatic rings. The molecule has 1 saturated heterocycles. The van der Waals surface area contributed by atoms with Gasteiger partial charge >= 0.3 is 0 Å². The first-order valence-electron chi connectivity index (χ1n) is 9.94. The highest BCUT2D eigenvalue weighted by atomic mass is 15.3. The van der Waals surface area contributed by atoms with E-state index in [0.717, 1.165) is 60.2 Å². The van der Waals surface area contributed by atoms with E-state index in [1.807, 2.05) is 18.5 Å². The van der Waals surface area contributed by atoms with Crippen molar-refractivity contribution in [1.82, 2.24) is 29.7 Å². The summed E-state index contributed by atoms with van der Waals surface area (Å²) in [5.41, 5.74) is 3.15. The summed E-state index contributed by atoms with van der Waals surface area (Å²) in [5.74, 6) is 3.22. The van der Waals surface area contributed by atoms with E-state index in [1.54, 1.807) is 12.4 Å². The molecule has 1 aliphatic heterocycles. The lowest BCUT2D eigenvalue weighted by Gasteiger charge is -2.34. The van der Waals surface area contributed by atoms with Crippen LogP contribution in [0.2, 0.25) is 0 Å². The molecule has 4 heterocycles. The molecule has 0 bridgehead atoms. The molecule has 28 heavy (non-hydrogen) atoms. The zero-order valence-electron chi connectivity index (χ0n) is 17.0. The van der Waals surface area contributed by atoms with Gasteiger partial charge in [-0.15, -0.1) is 10.2 Å². The van der Waals surface area contributed by atoms with E-state index < -0.39 is 0 Å². The Kier molecular flexibility index (Phi) is 5.07. The minimum absolute atomic E-state index is 0.359. The maximum absolute atomic E-state index is 4.94. The molecule has 1 atom stereocenters. The van der Waals surface area contributed by atoms with Gasteiger partial charge in [-0.2, -0.15) is 0 Å². The number of hydrogen-bond donors (Lipinski definition) is 0. The number of aromatic nitrogens is 6. The lowest BCUT2D eigenvalue weighted by molar-refractivity contribution is 0.452. The molecular formula is C21H27N7. The van der Waals surface area contributed by atoms with Crippen LogP contribution in [0.25, 0.3) is 11.4 Å². The van der Waals surface area contributed by atoms with E-state index in [9.17, 15) is 0 Å². The molecule has 3 aromatic heterocycles. The standard InChI is InChI=1S/C21H27N7/c1-14(2)28-13-23-26-21(28)18-6-5-11-27(12-18)20-15(3)16(4)24-19(25-20)17-7-9-22-10-8-17/h7-10,13-14,18H,5-6,11-12H2,1-4H3. The van der Waals surface area contributed by atoms with Crippen LogP contribution in [-0.4, -0.2) is 42.8 Å². The second-order valence-electron chi connectivity index (χ2n) is 7.79. The van der Waals surface area contributed by atoms with Crippen LogP contribution in [0.3, 0.4) is 0 Å². The van der Waals surface area contributed by atoms with Crippen molar-refractivity contribution in [2.24, 2.45) is 0 Å². The summed E-state index contributed by atoms with van der Waals surface area (Å²) in [6.07, 6.45) is 7.65. The summed E-state index contributed by atoms with van der Waals surface area (Å²) < 4.78 is 2.19. The molecule has 7 nitrogen and oxygen atoms in total. The number of nitrogens with zero attached hydrogens (tertiary/aromatic N) is 7. The SMILES string of the molecule is Cc1nc(-c2ccncc2)nc(N2CCCC(c3nncn3C(C)C)C2)c1C. The zero-order chi connectivity index (χ0) is 19.7. The molecule has 0 radical (unpaired) electrons. The lowest BCUT2D eigenvalue weighted by Crippen LogP contribution is -2.36. The molecule has 0 spiro atoms. The summed E-state index contributed by atoms with van der Waals surface area (Å²) in [6, 6.07) is 4.28. The number of pyridine rings is 1. The molecule has 0 aromatic carbocycles. The number of anilines is 1. The van der Waals surface area contributed by atoms with Gasteiger partial charge in [0.15, 0.2) is 5.82 Å². The Morgan fingerprint density at radius 3 is 2.64 bits per heavy atom. The Morgan fingerprint density at radius 2 is 1.89 bits per heavy atom. The largest absolute Gasteiger partial charge is 0.356 e. The van der Waals surface area contributed by atoms with Gasteiger partial charge in [0.05, 0.1) is 0 Å². The number of rotatable bonds is 4. The van der Waals surface area contributed by atoms with E-state index in [0.29, 0.717) is 12.0 Å². The lowest BCUT2D eigenvalue weighted by atomic mass is 9.96. The smallest absolute Gasteiger partial charge is 0.161 e. The van der Waals surface area contributed by atoms with E-state index in [2.05, 4.69) is 52.3 Å². The fourth-order valence-corrected chi connectivity index (χ4v) is 3.87. The third kappa shape index (κ3) is 3.48. The Labute approximate surface area is 165 Å². The van der Waals surface area contributed by atoms with Crippen molar-refractivity contribution >= 4 is 5.82 Å². The molecule has 4 rings (SSSR count). The van der Waals surface area contributed by atoms with Crippen LogP contribution in [0.15, 0.2) is 30.9 Å². The van der Waals surface area contributed by atoms with Crippen molar-refractivity contribution in [2.75, 3.05) is 18.0 Å². The molecule has 146 valence electrons. The van der Waals surface area contributed by atoms with E-state index in [4.69, 9.17) is 9.97 Å². The first-order valence-corrected chi connectivity index (χ1v) is 9.94. The number of piperidine rings is 1. The highest BCUT2D eigenvalue weighted by Crippen LogP contribution is 2.32. The topological polar surface area (TPSA) is 72.6 Å². The minimum atomic E-state index is 0.359. The summed E-state index contributed by atoms with van der Waals surface area (Å²) in [6.45, 7) is 10.4. The monoisotopic (exact) mass is 377 g/mol. The van der Waals surface area contributed by atoms with Crippen molar-refractivity contribution in [3.8, 4) is 11.4 Å². The van der Waals surface area contributed by atoms with Crippen LogP contribution in [0, 0.1) is 13.8 Å². The van der Waals surface area contributed by atoms with Crippen LogP contribution < -0.4 is 4.90 Å². The molecule has 0 N–H and O–H groups in total. The maximum Gasteiger partial charge on any atom is 0.161 e. The zero-order valence-corrected chi connectivity index (χ0v) is 17.0. The highest BCUT2D eigenvalue weighted by Gasteiger charge is 2.28. The summed E-state index contributed by atoms with van der Waals surface area (Å²) >= 11 is 0. The average molecular weight is 377 g/mol. The Bertz CT molecular complexity index is 949. The first kappa shape index (κ1) is 18.5. The predicted molar refractivity (Wildman–Crippen MR) is 109 cm³/mol. The Balaban J connectivity index is 1.67. The van der Waals surface area contributed by atoms with Gasteiger partial charge in [0.2, 0.25) is 0 Å². The Hall–Kier alpha value is -2.83. The van der Waals surface area contributed by atoms with Crippen molar-refractivity contribution in [1.29, 1.82) is 0 Å². The van der Waals surface area contributed by atoms with Gasteiger partial charge < -0.3 is 9.47 Å². The molecule has 0 amide bonds. The normalized spacial score (nSPS) is 17.3. The van der Waals surface area contributed by atoms with Crippen LogP contribution >= 0.6 is 0 Å². The van der Waals surface area contributed by atoms with Crippen molar-refractivity contribution < 1.29 is 0 Å². The van der Waals surface area contributed by atoms with Crippen LogP contribution in [0.4, 0.5) is 5.82 Å². The molecular weight excluding hydrogens is 350 g/mol. The van der Waals surface area contributed by atoms with Crippen LogP contribution in [0.1, 0.15) is 55.7 Å². The van der Waals surface area contributed by atoms with E-state index >= 15 is 0 Å². The van der Waals surface area contributed by atoms with Crippen molar-refractivity contribution in [3.63, 3.8) is 0 Å². The van der Waals surface area contributed by atoms with Crippen LogP contribution in [-0.2, 0) is 0 Å². The summed E-state index contributed by atoms with van der Waals surface area (Å²) in [7, 11) is 0. The molecule has 1 fully saturated rings. The second kappa shape index (κ2) is 7.66. The van der Waals surface area contributed by atoms with E-state index in [1.165, 1.54) is 0 Å². The molecule has 3 aromatic rings. The van der Waals surface area contributed by atoms with Crippen molar-refractivity contribution in [2.45, 2.75) is 52.5 Å². The third-order valence-corrected chi connectivity index (χ3v) is 5.55. The molecule has 7 heteroatoms. The number of hydrogen-bond acceptors (Lipinski definition) is 6. The Morgan fingerprint density at radius 1 is 1.11 bits per heavy atom. The maximum atomic E-state index is 4.94. The first-order chi connectivity index (χ1) is 13.5. The van der Waals surface area contributed by atoms with Gasteiger partial charge in [-0.25, -0.2) is 9.97 Å². The quantitative estimate of drug-likeness (QED) is 0.690. The number of aryl methyl sites for hydroxylation is 1. The summed E-state index contributed by atoms with van der Waals surface area (Å²) in [5, 5.41) is 8.61. The van der Waals surface area contributed by atoms with E-state index in [-0.39, 0.29) is 0 Å². The van der Waals surface area contributed by atoms with Gasteiger partial charge in [0, 0.05) is 54.3 Å². The second-order valence-corrected chi connectivity index (χ2v) is 7.79. The minimum Gasteiger partial charge on any atom is -0.356 e. The molecule has 0 saturated carbocycles. The third-order valence-electron chi connectivity index (χ3n) is 5.55. The fourth-order valence-electron chi connectivity index (χ4n) is 3.87. The van der Waals surface area contributed by atoms with Gasteiger partial charge in [-0.3, -0.25) is 4.98 Å². The fraction of sp³-hybridized carbons (Fsp3) is 0.476. The van der Waals surface area contributed by atoms with Crippen molar-refractivity contribution in [3.05, 3.63) is 47.9 Å².